The fraction of sp³-hybridized carbons (Fsp3) is 0.286. The first kappa shape index (κ1) is 21.6. The van der Waals surface area contributed by atoms with Crippen molar-refractivity contribution in [2.75, 3.05) is 35.0 Å². The lowest BCUT2D eigenvalue weighted by molar-refractivity contribution is 0.104. The van der Waals surface area contributed by atoms with Gasteiger partial charge in [0.1, 0.15) is 0 Å². The van der Waals surface area contributed by atoms with E-state index >= 15 is 0 Å². The zero-order chi connectivity index (χ0) is 20.7. The third-order valence-electron chi connectivity index (χ3n) is 3.91. The summed E-state index contributed by atoms with van der Waals surface area (Å²) in [5, 5.41) is 0. The minimum Gasteiger partial charge on any atom is -0.493 e. The van der Waals surface area contributed by atoms with Crippen LogP contribution in [0.15, 0.2) is 34.8 Å². The van der Waals surface area contributed by atoms with Gasteiger partial charge in [-0.05, 0) is 58.8 Å². The van der Waals surface area contributed by atoms with Crippen molar-refractivity contribution in [3.05, 3.63) is 45.9 Å². The monoisotopic (exact) mass is 450 g/mol. The van der Waals surface area contributed by atoms with Gasteiger partial charge in [-0.1, -0.05) is 6.08 Å². The van der Waals surface area contributed by atoms with E-state index in [1.54, 1.807) is 25.3 Å². The van der Waals surface area contributed by atoms with E-state index < -0.39 is 0 Å². The topological polar surface area (TPSA) is 63.2 Å². The van der Waals surface area contributed by atoms with E-state index in [1.807, 2.05) is 19.1 Å². The number of rotatable bonds is 9. The quantitative estimate of drug-likeness (QED) is 0.404. The molecule has 0 bridgehead atoms. The summed E-state index contributed by atoms with van der Waals surface area (Å²) >= 11 is 3.46. The zero-order valence-corrected chi connectivity index (χ0v) is 18.1. The number of ether oxygens (including phenoxy) is 5. The minimum atomic E-state index is -0.204. The molecule has 0 aliphatic heterocycles. The number of ketones is 1. The second-order valence-corrected chi connectivity index (χ2v) is 6.43. The molecular weight excluding hydrogens is 428 g/mol. The molecule has 0 saturated heterocycles. The third-order valence-corrected chi connectivity index (χ3v) is 4.50. The molecule has 6 nitrogen and oxygen atoms in total. The molecule has 2 aromatic rings. The third kappa shape index (κ3) is 4.78. The van der Waals surface area contributed by atoms with Crippen molar-refractivity contribution < 1.29 is 28.5 Å². The van der Waals surface area contributed by atoms with Gasteiger partial charge in [0.15, 0.2) is 28.8 Å². The predicted octanol–water partition coefficient (Wildman–Crippen LogP) is 4.78. The Balaban J connectivity index is 2.36. The maximum atomic E-state index is 12.7. The summed E-state index contributed by atoms with van der Waals surface area (Å²) in [5.74, 6) is 2.28. The average Bonchev–Trinajstić information content (AvgIpc) is 2.70. The molecule has 0 fully saturated rings. The first-order valence-corrected chi connectivity index (χ1v) is 9.31. The molecule has 150 valence electrons. The van der Waals surface area contributed by atoms with Crippen LogP contribution in [-0.4, -0.2) is 40.8 Å². The van der Waals surface area contributed by atoms with Gasteiger partial charge in [0, 0.05) is 5.56 Å². The van der Waals surface area contributed by atoms with Gasteiger partial charge in [0.2, 0.25) is 5.75 Å². The average molecular weight is 451 g/mol. The zero-order valence-electron chi connectivity index (χ0n) is 16.5. The molecule has 0 N–H and O–H groups in total. The van der Waals surface area contributed by atoms with Crippen molar-refractivity contribution in [1.82, 2.24) is 0 Å². The van der Waals surface area contributed by atoms with E-state index in [9.17, 15) is 4.79 Å². The van der Waals surface area contributed by atoms with E-state index in [1.165, 1.54) is 27.4 Å². The Hall–Kier alpha value is -2.67. The summed E-state index contributed by atoms with van der Waals surface area (Å²) in [4.78, 5) is 12.7. The predicted molar refractivity (Wildman–Crippen MR) is 111 cm³/mol. The van der Waals surface area contributed by atoms with E-state index in [0.29, 0.717) is 40.9 Å². The normalized spacial score (nSPS) is 10.6. The summed E-state index contributed by atoms with van der Waals surface area (Å²) in [6, 6.07) is 6.89. The van der Waals surface area contributed by atoms with Gasteiger partial charge in [-0.25, -0.2) is 0 Å². The van der Waals surface area contributed by atoms with E-state index in [0.717, 1.165) is 10.0 Å². The molecule has 0 aliphatic rings. The summed E-state index contributed by atoms with van der Waals surface area (Å²) in [6.07, 6.45) is 3.18. The molecular formula is C21H23BrO6. The Bertz CT molecular complexity index is 850. The fourth-order valence-corrected chi connectivity index (χ4v) is 3.26. The maximum absolute atomic E-state index is 12.7. The molecule has 0 saturated carbocycles. The largest absolute Gasteiger partial charge is 0.493 e. The van der Waals surface area contributed by atoms with E-state index in [2.05, 4.69) is 15.9 Å². The van der Waals surface area contributed by atoms with Crippen molar-refractivity contribution in [2.24, 2.45) is 0 Å². The number of benzene rings is 2. The first-order chi connectivity index (χ1) is 13.5. The van der Waals surface area contributed by atoms with Crippen LogP contribution in [0.1, 0.15) is 22.8 Å². The van der Waals surface area contributed by atoms with Gasteiger partial charge in [-0.2, -0.15) is 0 Å². The summed E-state index contributed by atoms with van der Waals surface area (Å²) < 4.78 is 27.6. The van der Waals surface area contributed by atoms with E-state index in [-0.39, 0.29) is 5.78 Å². The molecule has 2 aromatic carbocycles. The molecule has 2 rings (SSSR count). The van der Waals surface area contributed by atoms with Crippen molar-refractivity contribution in [3.8, 4) is 28.7 Å². The molecule has 0 spiro atoms. The van der Waals surface area contributed by atoms with Crippen LogP contribution in [0.3, 0.4) is 0 Å². The molecule has 7 heteroatoms. The Morgan fingerprint density at radius 2 is 1.50 bits per heavy atom. The van der Waals surface area contributed by atoms with Crippen molar-refractivity contribution >= 4 is 27.8 Å². The van der Waals surface area contributed by atoms with Crippen LogP contribution >= 0.6 is 15.9 Å². The highest BCUT2D eigenvalue weighted by atomic mass is 79.9. The highest BCUT2D eigenvalue weighted by molar-refractivity contribution is 9.10. The molecule has 28 heavy (non-hydrogen) atoms. The summed E-state index contributed by atoms with van der Waals surface area (Å²) in [5.41, 5.74) is 1.21. The van der Waals surface area contributed by atoms with Crippen LogP contribution in [0.5, 0.6) is 28.7 Å². The van der Waals surface area contributed by atoms with Gasteiger partial charge >= 0.3 is 0 Å². The van der Waals surface area contributed by atoms with Crippen LogP contribution < -0.4 is 23.7 Å². The maximum Gasteiger partial charge on any atom is 0.203 e. The van der Waals surface area contributed by atoms with Crippen LogP contribution in [0.2, 0.25) is 0 Å². The number of carbonyl (C=O) groups is 1. The van der Waals surface area contributed by atoms with Crippen molar-refractivity contribution in [1.29, 1.82) is 0 Å². The molecule has 0 radical (unpaired) electrons. The van der Waals surface area contributed by atoms with Gasteiger partial charge in [0.25, 0.3) is 0 Å². The smallest absolute Gasteiger partial charge is 0.203 e. The van der Waals surface area contributed by atoms with Gasteiger partial charge in [-0.3, -0.25) is 4.79 Å². The Morgan fingerprint density at radius 3 is 2.00 bits per heavy atom. The lowest BCUT2D eigenvalue weighted by atomic mass is 10.1. The highest BCUT2D eigenvalue weighted by Gasteiger charge is 2.16. The number of halogens is 1. The number of carbonyl (C=O) groups excluding carboxylic acids is 1. The standard InChI is InChI=1S/C21H23BrO6/c1-6-28-19-10-13(9-15(22)20(19)26-4)7-8-16(23)14-11-17(24-2)21(27-5)18(12-14)25-3/h7-12H,6H2,1-5H3. The number of allylic oxidation sites excluding steroid dienone is 1. The fourth-order valence-electron chi connectivity index (χ4n) is 2.64. The van der Waals surface area contributed by atoms with Crippen molar-refractivity contribution in [3.63, 3.8) is 0 Å². The molecule has 0 unspecified atom stereocenters. The molecule has 0 aliphatic carbocycles. The minimum absolute atomic E-state index is 0.204. The second-order valence-electron chi connectivity index (χ2n) is 5.58. The SMILES string of the molecule is CCOc1cc(C=CC(=O)c2cc(OC)c(OC)c(OC)c2)cc(Br)c1OC. The highest BCUT2D eigenvalue weighted by Crippen LogP contribution is 2.39. The van der Waals surface area contributed by atoms with Gasteiger partial charge in [-0.15, -0.1) is 0 Å². The lowest BCUT2D eigenvalue weighted by Gasteiger charge is -2.13. The van der Waals surface area contributed by atoms with E-state index in [4.69, 9.17) is 23.7 Å². The van der Waals surface area contributed by atoms with Crippen LogP contribution in [0.4, 0.5) is 0 Å². The molecule has 0 aromatic heterocycles. The first-order valence-electron chi connectivity index (χ1n) is 8.51. The Labute approximate surface area is 173 Å². The molecule has 0 heterocycles. The summed E-state index contributed by atoms with van der Waals surface area (Å²) in [7, 11) is 6.10. The number of methoxy groups -OCH3 is 4. The van der Waals surface area contributed by atoms with Gasteiger partial charge < -0.3 is 23.7 Å². The van der Waals surface area contributed by atoms with Crippen molar-refractivity contribution in [2.45, 2.75) is 6.92 Å². The molecule has 0 atom stereocenters. The van der Waals surface area contributed by atoms with Crippen LogP contribution in [0.25, 0.3) is 6.08 Å². The van der Waals surface area contributed by atoms with Crippen LogP contribution in [-0.2, 0) is 0 Å². The van der Waals surface area contributed by atoms with Gasteiger partial charge in [0.05, 0.1) is 39.5 Å². The second kappa shape index (κ2) is 10.0. The summed E-state index contributed by atoms with van der Waals surface area (Å²) in [6.45, 7) is 2.39. The number of hydrogen-bond donors (Lipinski definition) is 0. The number of hydrogen-bond acceptors (Lipinski definition) is 6. The Morgan fingerprint density at radius 1 is 0.893 bits per heavy atom. The Kier molecular flexibility index (Phi) is 7.75. The van der Waals surface area contributed by atoms with Crippen LogP contribution in [0, 0.1) is 0 Å². The molecule has 0 amide bonds. The lowest BCUT2D eigenvalue weighted by Crippen LogP contribution is -2.00.